The molecule has 1 aromatic heterocycles. The summed E-state index contributed by atoms with van der Waals surface area (Å²) in [5.41, 5.74) is 1.86. The summed E-state index contributed by atoms with van der Waals surface area (Å²) in [7, 11) is 3.17. The summed E-state index contributed by atoms with van der Waals surface area (Å²) >= 11 is 0. The SMILES string of the molecule is COc1cc(/C=C/C(=O)N2CCC(C(=O)Nc3ccc(C)cn3)CC2)cc(OC)c1. The molecule has 30 heavy (non-hydrogen) atoms. The number of aryl methyl sites for hydroxylation is 1. The minimum absolute atomic E-state index is 0.0440. The molecule has 7 heteroatoms. The molecule has 2 amide bonds. The fraction of sp³-hybridized carbons (Fsp3) is 0.348. The lowest BCUT2D eigenvalue weighted by Gasteiger charge is -2.30. The molecule has 3 rings (SSSR count). The second kappa shape index (κ2) is 9.91. The molecule has 0 saturated carbocycles. The van der Waals surface area contributed by atoms with Gasteiger partial charge >= 0.3 is 0 Å². The molecule has 2 heterocycles. The molecule has 1 N–H and O–H groups in total. The number of hydrogen-bond acceptors (Lipinski definition) is 5. The number of carbonyl (C=O) groups excluding carboxylic acids is 2. The van der Waals surface area contributed by atoms with Crippen LogP contribution in [0.2, 0.25) is 0 Å². The normalized spacial score (nSPS) is 14.6. The lowest BCUT2D eigenvalue weighted by molar-refractivity contribution is -0.130. The van der Waals surface area contributed by atoms with Crippen molar-refractivity contribution in [2.75, 3.05) is 32.6 Å². The van der Waals surface area contributed by atoms with Gasteiger partial charge in [-0.05, 0) is 55.2 Å². The monoisotopic (exact) mass is 409 g/mol. The Hall–Kier alpha value is -3.35. The quantitative estimate of drug-likeness (QED) is 0.741. The van der Waals surface area contributed by atoms with Crippen molar-refractivity contribution in [2.24, 2.45) is 5.92 Å². The average molecular weight is 409 g/mol. The van der Waals surface area contributed by atoms with E-state index in [0.717, 1.165) is 11.1 Å². The maximum atomic E-state index is 12.5. The Kier molecular flexibility index (Phi) is 7.06. The molecule has 0 unspecified atom stereocenters. The zero-order valence-electron chi connectivity index (χ0n) is 17.6. The van der Waals surface area contributed by atoms with E-state index in [0.29, 0.717) is 43.2 Å². The van der Waals surface area contributed by atoms with Gasteiger partial charge < -0.3 is 19.7 Å². The minimum Gasteiger partial charge on any atom is -0.497 e. The Balaban J connectivity index is 1.53. The van der Waals surface area contributed by atoms with Crippen LogP contribution in [-0.4, -0.2) is 49.0 Å². The number of benzene rings is 1. The number of ether oxygens (including phenoxy) is 2. The standard InChI is InChI=1S/C23H27N3O4/c1-16-4-6-21(24-15-16)25-23(28)18-8-10-26(11-9-18)22(27)7-5-17-12-19(29-2)14-20(13-17)30-3/h4-7,12-15,18H,8-11H2,1-3H3,(H,24,25,28)/b7-5+. The van der Waals surface area contributed by atoms with Crippen molar-refractivity contribution in [3.8, 4) is 11.5 Å². The Labute approximate surface area is 176 Å². The molecule has 158 valence electrons. The molecule has 0 atom stereocenters. The highest BCUT2D eigenvalue weighted by atomic mass is 16.5. The van der Waals surface area contributed by atoms with Crippen molar-refractivity contribution >= 4 is 23.7 Å². The molecular weight excluding hydrogens is 382 g/mol. The van der Waals surface area contributed by atoms with Crippen molar-refractivity contribution in [1.29, 1.82) is 0 Å². The van der Waals surface area contributed by atoms with Gasteiger partial charge in [0.15, 0.2) is 0 Å². The lowest BCUT2D eigenvalue weighted by Crippen LogP contribution is -2.40. The zero-order valence-corrected chi connectivity index (χ0v) is 17.6. The Morgan fingerprint density at radius 1 is 1.10 bits per heavy atom. The minimum atomic E-state index is -0.122. The Bertz CT molecular complexity index is 894. The van der Waals surface area contributed by atoms with Gasteiger partial charge in [0.05, 0.1) is 14.2 Å². The smallest absolute Gasteiger partial charge is 0.246 e. The van der Waals surface area contributed by atoms with Crippen molar-refractivity contribution in [3.63, 3.8) is 0 Å². The zero-order chi connectivity index (χ0) is 21.5. The number of piperidine rings is 1. The van der Waals surface area contributed by atoms with Gasteiger partial charge in [-0.25, -0.2) is 4.98 Å². The highest BCUT2D eigenvalue weighted by Gasteiger charge is 2.26. The van der Waals surface area contributed by atoms with Gasteiger partial charge in [-0.15, -0.1) is 0 Å². The summed E-state index contributed by atoms with van der Waals surface area (Å²) in [6.45, 7) is 3.04. The third-order valence-corrected chi connectivity index (χ3v) is 5.13. The number of amides is 2. The highest BCUT2D eigenvalue weighted by Crippen LogP contribution is 2.24. The summed E-state index contributed by atoms with van der Waals surface area (Å²) in [5.74, 6) is 1.64. The maximum absolute atomic E-state index is 12.5. The van der Waals surface area contributed by atoms with Crippen molar-refractivity contribution in [2.45, 2.75) is 19.8 Å². The molecule has 1 aliphatic rings. The number of carbonyl (C=O) groups is 2. The van der Waals surface area contributed by atoms with Gasteiger partial charge in [0.2, 0.25) is 11.8 Å². The van der Waals surface area contributed by atoms with Gasteiger partial charge in [0, 0.05) is 37.3 Å². The van der Waals surface area contributed by atoms with Crippen LogP contribution in [0.5, 0.6) is 11.5 Å². The van der Waals surface area contributed by atoms with E-state index in [9.17, 15) is 9.59 Å². The van der Waals surface area contributed by atoms with Gasteiger partial charge in [-0.2, -0.15) is 0 Å². The average Bonchev–Trinajstić information content (AvgIpc) is 2.78. The van der Waals surface area contributed by atoms with Crippen LogP contribution in [0.15, 0.2) is 42.6 Å². The van der Waals surface area contributed by atoms with Crippen LogP contribution in [0.4, 0.5) is 5.82 Å². The Morgan fingerprint density at radius 3 is 2.33 bits per heavy atom. The predicted octanol–water partition coefficient (Wildman–Crippen LogP) is 3.30. The third-order valence-electron chi connectivity index (χ3n) is 5.13. The molecule has 1 aliphatic heterocycles. The molecule has 0 aliphatic carbocycles. The van der Waals surface area contributed by atoms with Crippen LogP contribution in [0, 0.1) is 12.8 Å². The summed E-state index contributed by atoms with van der Waals surface area (Å²) in [6, 6.07) is 9.16. The summed E-state index contributed by atoms with van der Waals surface area (Å²) in [6.07, 6.45) is 6.27. The fourth-order valence-corrected chi connectivity index (χ4v) is 3.33. The first kappa shape index (κ1) is 21.4. The maximum Gasteiger partial charge on any atom is 0.246 e. The van der Waals surface area contributed by atoms with Gasteiger partial charge in [0.25, 0.3) is 0 Å². The van der Waals surface area contributed by atoms with E-state index in [-0.39, 0.29) is 17.7 Å². The van der Waals surface area contributed by atoms with E-state index >= 15 is 0 Å². The molecule has 7 nitrogen and oxygen atoms in total. The summed E-state index contributed by atoms with van der Waals surface area (Å²) < 4.78 is 10.5. The van der Waals surface area contributed by atoms with Crippen molar-refractivity contribution in [1.82, 2.24) is 9.88 Å². The van der Waals surface area contributed by atoms with Crippen molar-refractivity contribution < 1.29 is 19.1 Å². The van der Waals surface area contributed by atoms with E-state index < -0.39 is 0 Å². The molecule has 1 saturated heterocycles. The van der Waals surface area contributed by atoms with Crippen LogP contribution in [0.1, 0.15) is 24.0 Å². The van der Waals surface area contributed by atoms with E-state index in [1.807, 2.05) is 25.1 Å². The summed E-state index contributed by atoms with van der Waals surface area (Å²) in [5, 5.41) is 2.86. The topological polar surface area (TPSA) is 80.8 Å². The van der Waals surface area contributed by atoms with Gasteiger partial charge in [-0.3, -0.25) is 9.59 Å². The van der Waals surface area contributed by atoms with Gasteiger partial charge in [-0.1, -0.05) is 6.07 Å². The van der Waals surface area contributed by atoms with E-state index in [1.54, 1.807) is 49.6 Å². The first-order valence-corrected chi connectivity index (χ1v) is 9.92. The molecular formula is C23H27N3O4. The molecule has 2 aromatic rings. The van der Waals surface area contributed by atoms with Crippen LogP contribution in [0.3, 0.4) is 0 Å². The van der Waals surface area contributed by atoms with E-state index in [4.69, 9.17) is 9.47 Å². The molecule has 0 bridgehead atoms. The van der Waals surface area contributed by atoms with E-state index in [2.05, 4.69) is 10.3 Å². The number of nitrogens with one attached hydrogen (secondary N) is 1. The Morgan fingerprint density at radius 2 is 1.77 bits per heavy atom. The van der Waals surface area contributed by atoms with Crippen LogP contribution in [0.25, 0.3) is 6.08 Å². The third kappa shape index (κ3) is 5.59. The van der Waals surface area contributed by atoms with Gasteiger partial charge in [0.1, 0.15) is 17.3 Å². The number of hydrogen-bond donors (Lipinski definition) is 1. The summed E-state index contributed by atoms with van der Waals surface area (Å²) in [4.78, 5) is 31.0. The molecule has 0 radical (unpaired) electrons. The van der Waals surface area contributed by atoms with E-state index in [1.165, 1.54) is 0 Å². The largest absolute Gasteiger partial charge is 0.497 e. The van der Waals surface area contributed by atoms with Crippen LogP contribution < -0.4 is 14.8 Å². The van der Waals surface area contributed by atoms with Crippen molar-refractivity contribution in [3.05, 3.63) is 53.7 Å². The predicted molar refractivity (Wildman–Crippen MR) is 115 cm³/mol. The first-order chi connectivity index (χ1) is 14.5. The van der Waals surface area contributed by atoms with Crippen LogP contribution in [-0.2, 0) is 9.59 Å². The molecule has 1 fully saturated rings. The van der Waals surface area contributed by atoms with Crippen LogP contribution >= 0.6 is 0 Å². The second-order valence-electron chi connectivity index (χ2n) is 7.29. The number of methoxy groups -OCH3 is 2. The number of rotatable bonds is 6. The fourth-order valence-electron chi connectivity index (χ4n) is 3.33. The number of nitrogens with zero attached hydrogens (tertiary/aromatic N) is 2. The lowest BCUT2D eigenvalue weighted by atomic mass is 9.96. The highest BCUT2D eigenvalue weighted by molar-refractivity contribution is 5.93. The molecule has 0 spiro atoms. The molecule has 1 aromatic carbocycles. The number of likely N-dealkylation sites (tertiary alicyclic amines) is 1. The second-order valence-corrected chi connectivity index (χ2v) is 7.29. The first-order valence-electron chi connectivity index (χ1n) is 9.92. The number of pyridine rings is 1. The number of anilines is 1. The number of aromatic nitrogens is 1.